The molecular formula is C35H39BrN2. The highest BCUT2D eigenvalue weighted by Gasteiger charge is 2.17. The lowest BCUT2D eigenvalue weighted by Crippen LogP contribution is -2.21. The summed E-state index contributed by atoms with van der Waals surface area (Å²) < 4.78 is 1.08. The van der Waals surface area contributed by atoms with E-state index in [1.807, 2.05) is 0 Å². The van der Waals surface area contributed by atoms with Crippen LogP contribution >= 0.6 is 15.9 Å². The molecule has 0 aliphatic rings. The molecule has 0 aliphatic heterocycles. The molecule has 0 bridgehead atoms. The van der Waals surface area contributed by atoms with Crippen LogP contribution in [0.2, 0.25) is 0 Å². The molecule has 0 fully saturated rings. The molecule has 38 heavy (non-hydrogen) atoms. The Bertz CT molecular complexity index is 1290. The predicted molar refractivity (Wildman–Crippen MR) is 170 cm³/mol. The topological polar surface area (TPSA) is 6.48 Å². The van der Waals surface area contributed by atoms with Crippen molar-refractivity contribution in [3.8, 4) is 0 Å². The quantitative estimate of drug-likeness (QED) is 0.176. The molecule has 0 unspecified atom stereocenters. The molecule has 4 rings (SSSR count). The Morgan fingerprint density at radius 2 is 0.921 bits per heavy atom. The van der Waals surface area contributed by atoms with Gasteiger partial charge in [-0.15, -0.1) is 0 Å². The number of nitrogens with zero attached hydrogens (tertiary/aromatic N) is 2. The summed E-state index contributed by atoms with van der Waals surface area (Å²) in [5.41, 5.74) is 11.1. The van der Waals surface area contributed by atoms with Gasteiger partial charge in [0.2, 0.25) is 0 Å². The highest BCUT2D eigenvalue weighted by molar-refractivity contribution is 9.10. The molecule has 0 radical (unpaired) electrons. The number of halogens is 1. The number of hydrogen-bond acceptors (Lipinski definition) is 2. The zero-order chi connectivity index (χ0) is 27.1. The van der Waals surface area contributed by atoms with Gasteiger partial charge in [-0.25, -0.2) is 0 Å². The summed E-state index contributed by atoms with van der Waals surface area (Å²) in [7, 11) is 0. The molecule has 0 saturated heterocycles. The van der Waals surface area contributed by atoms with Gasteiger partial charge in [-0.2, -0.15) is 0 Å². The third-order valence-corrected chi connectivity index (χ3v) is 7.79. The maximum absolute atomic E-state index is 3.63. The molecule has 0 saturated carbocycles. The lowest BCUT2D eigenvalue weighted by atomic mass is 9.85. The monoisotopic (exact) mass is 566 g/mol. The van der Waals surface area contributed by atoms with Crippen molar-refractivity contribution in [2.45, 2.75) is 34.6 Å². The SMILES string of the molecule is CCN(CC)c1ccc(C(=C(c2ccc(Br)cc2)c2cccc(C)c2)c2ccc(N(CC)CC)cc2)cc1. The zero-order valence-electron chi connectivity index (χ0n) is 23.3. The normalized spacial score (nSPS) is 10.8. The Hall–Kier alpha value is -3.30. The number of aryl methyl sites for hydroxylation is 1. The fourth-order valence-corrected chi connectivity index (χ4v) is 5.45. The molecule has 3 heteroatoms. The van der Waals surface area contributed by atoms with Gasteiger partial charge in [0.05, 0.1) is 0 Å². The van der Waals surface area contributed by atoms with E-state index in [1.54, 1.807) is 0 Å². The largest absolute Gasteiger partial charge is 0.372 e. The first kappa shape index (κ1) is 27.7. The standard InChI is InChI=1S/C35H39BrN2/c1-6-37(7-2)32-21-15-28(16-22-32)34(29-17-23-33(24-18-29)38(8-3)9-4)35(27-13-19-31(36)20-14-27)30-12-10-11-26(5)25-30/h10-25H,6-9H2,1-5H3. The first-order valence-electron chi connectivity index (χ1n) is 13.8. The maximum atomic E-state index is 3.63. The van der Waals surface area contributed by atoms with Crippen molar-refractivity contribution in [1.29, 1.82) is 0 Å². The first-order valence-corrected chi connectivity index (χ1v) is 14.6. The van der Waals surface area contributed by atoms with Crippen LogP contribution in [0.25, 0.3) is 11.1 Å². The average molecular weight is 568 g/mol. The maximum Gasteiger partial charge on any atom is 0.0366 e. The van der Waals surface area contributed by atoms with Gasteiger partial charge < -0.3 is 9.80 Å². The van der Waals surface area contributed by atoms with E-state index in [4.69, 9.17) is 0 Å². The summed E-state index contributed by atoms with van der Waals surface area (Å²) in [5, 5.41) is 0. The van der Waals surface area contributed by atoms with E-state index < -0.39 is 0 Å². The zero-order valence-corrected chi connectivity index (χ0v) is 24.9. The summed E-state index contributed by atoms with van der Waals surface area (Å²) >= 11 is 3.63. The molecule has 4 aromatic rings. The lowest BCUT2D eigenvalue weighted by molar-refractivity contribution is 0.866. The molecule has 196 valence electrons. The van der Waals surface area contributed by atoms with Gasteiger partial charge in [0.25, 0.3) is 0 Å². The van der Waals surface area contributed by atoms with Gasteiger partial charge in [-0.1, -0.05) is 82.2 Å². The molecule has 0 atom stereocenters. The minimum Gasteiger partial charge on any atom is -0.372 e. The van der Waals surface area contributed by atoms with Gasteiger partial charge in [0.1, 0.15) is 0 Å². The van der Waals surface area contributed by atoms with E-state index in [-0.39, 0.29) is 0 Å². The van der Waals surface area contributed by atoms with E-state index in [1.165, 1.54) is 50.3 Å². The van der Waals surface area contributed by atoms with E-state index >= 15 is 0 Å². The van der Waals surface area contributed by atoms with E-state index in [0.29, 0.717) is 0 Å². The highest BCUT2D eigenvalue weighted by Crippen LogP contribution is 2.38. The lowest BCUT2D eigenvalue weighted by Gasteiger charge is -2.24. The van der Waals surface area contributed by atoms with Gasteiger partial charge in [0.15, 0.2) is 0 Å². The van der Waals surface area contributed by atoms with Crippen molar-refractivity contribution < 1.29 is 0 Å². The van der Waals surface area contributed by atoms with E-state index in [0.717, 1.165) is 30.7 Å². The van der Waals surface area contributed by atoms with Crippen LogP contribution in [-0.2, 0) is 0 Å². The molecule has 0 aliphatic carbocycles. The van der Waals surface area contributed by atoms with Crippen molar-refractivity contribution in [3.05, 3.63) is 129 Å². The van der Waals surface area contributed by atoms with Crippen LogP contribution in [0.4, 0.5) is 11.4 Å². The second-order valence-electron chi connectivity index (χ2n) is 9.56. The van der Waals surface area contributed by atoms with Gasteiger partial charge >= 0.3 is 0 Å². The first-order chi connectivity index (χ1) is 18.5. The third kappa shape index (κ3) is 6.22. The second kappa shape index (κ2) is 13.0. The van der Waals surface area contributed by atoms with E-state index in [9.17, 15) is 0 Å². The van der Waals surface area contributed by atoms with Crippen molar-refractivity contribution in [2.75, 3.05) is 36.0 Å². The number of benzene rings is 4. The fraction of sp³-hybridized carbons (Fsp3) is 0.257. The molecule has 0 N–H and O–H groups in total. The minimum atomic E-state index is 0.999. The fourth-order valence-electron chi connectivity index (χ4n) is 5.18. The number of rotatable bonds is 10. The summed E-state index contributed by atoms with van der Waals surface area (Å²) in [4.78, 5) is 4.78. The van der Waals surface area contributed by atoms with E-state index in [2.05, 4.69) is 157 Å². The van der Waals surface area contributed by atoms with Crippen LogP contribution in [0.3, 0.4) is 0 Å². The molecule has 2 nitrogen and oxygen atoms in total. The minimum absolute atomic E-state index is 0.999. The molecule has 4 aromatic carbocycles. The van der Waals surface area contributed by atoms with Gasteiger partial charge in [-0.3, -0.25) is 0 Å². The van der Waals surface area contributed by atoms with Crippen molar-refractivity contribution in [3.63, 3.8) is 0 Å². The Balaban J connectivity index is 2.00. The summed E-state index contributed by atoms with van der Waals surface area (Å²) in [6, 6.07) is 35.8. The smallest absolute Gasteiger partial charge is 0.0366 e. The third-order valence-electron chi connectivity index (χ3n) is 7.26. The summed E-state index contributed by atoms with van der Waals surface area (Å²) in [6.45, 7) is 15.0. The van der Waals surface area contributed by atoms with Crippen LogP contribution in [0.1, 0.15) is 55.5 Å². The van der Waals surface area contributed by atoms with Crippen LogP contribution in [-0.4, -0.2) is 26.2 Å². The molecule has 0 amide bonds. The van der Waals surface area contributed by atoms with Crippen LogP contribution < -0.4 is 9.80 Å². The Morgan fingerprint density at radius 3 is 1.32 bits per heavy atom. The molecule has 0 heterocycles. The number of hydrogen-bond donors (Lipinski definition) is 0. The Kier molecular flexibility index (Phi) is 9.47. The predicted octanol–water partition coefficient (Wildman–Crippen LogP) is 9.46. The van der Waals surface area contributed by atoms with Crippen molar-refractivity contribution in [1.82, 2.24) is 0 Å². The van der Waals surface area contributed by atoms with Crippen LogP contribution in [0, 0.1) is 6.92 Å². The Labute approximate surface area is 237 Å². The summed E-state index contributed by atoms with van der Waals surface area (Å²) in [6.07, 6.45) is 0. The molecule has 0 spiro atoms. The Morgan fingerprint density at radius 1 is 0.526 bits per heavy atom. The van der Waals surface area contributed by atoms with Crippen LogP contribution in [0.15, 0.2) is 102 Å². The highest BCUT2D eigenvalue weighted by atomic mass is 79.9. The van der Waals surface area contributed by atoms with Crippen molar-refractivity contribution >= 4 is 38.5 Å². The summed E-state index contributed by atoms with van der Waals surface area (Å²) in [5.74, 6) is 0. The molecular weight excluding hydrogens is 528 g/mol. The van der Waals surface area contributed by atoms with Gasteiger partial charge in [0, 0.05) is 42.0 Å². The van der Waals surface area contributed by atoms with Crippen LogP contribution in [0.5, 0.6) is 0 Å². The van der Waals surface area contributed by atoms with Gasteiger partial charge in [-0.05, 0) is 104 Å². The molecule has 0 aromatic heterocycles. The second-order valence-corrected chi connectivity index (χ2v) is 10.5. The number of anilines is 2. The van der Waals surface area contributed by atoms with Crippen molar-refractivity contribution in [2.24, 2.45) is 0 Å². The average Bonchev–Trinajstić information content (AvgIpc) is 2.95.